The van der Waals surface area contributed by atoms with Crippen molar-refractivity contribution in [2.45, 2.75) is 13.8 Å². The van der Waals surface area contributed by atoms with E-state index in [2.05, 4.69) is 11.9 Å². The maximum atomic E-state index is 13.6. The molecule has 1 saturated heterocycles. The van der Waals surface area contributed by atoms with E-state index in [1.54, 1.807) is 18.2 Å². The highest BCUT2D eigenvalue weighted by molar-refractivity contribution is 6.46. The Morgan fingerprint density at radius 1 is 0.833 bits per heavy atom. The van der Waals surface area contributed by atoms with Crippen LogP contribution in [0.2, 0.25) is 10.0 Å². The standard InChI is InChI=1S/C23H23Cl2N3O2/c1-14-4-5-19(15(2)10-14)20-21(27-8-6-26(3)7-9-27)23(30)28(22(20)29)18-12-16(24)11-17(25)13-18/h4-5,10-13H,6-9H2,1-3H3. The molecule has 0 spiro atoms. The number of nitrogens with zero attached hydrogens (tertiary/aromatic N) is 3. The van der Waals surface area contributed by atoms with Gasteiger partial charge in [-0.2, -0.15) is 0 Å². The maximum absolute atomic E-state index is 13.6. The maximum Gasteiger partial charge on any atom is 0.282 e. The largest absolute Gasteiger partial charge is 0.364 e. The number of aryl methyl sites for hydroxylation is 2. The summed E-state index contributed by atoms with van der Waals surface area (Å²) >= 11 is 12.3. The SMILES string of the molecule is Cc1ccc(C2=C(N3CCN(C)CC3)C(=O)N(c3cc(Cl)cc(Cl)c3)C2=O)c(C)c1. The van der Waals surface area contributed by atoms with Crippen LogP contribution in [0.4, 0.5) is 5.69 Å². The van der Waals surface area contributed by atoms with Crippen molar-refractivity contribution in [1.29, 1.82) is 0 Å². The van der Waals surface area contributed by atoms with Crippen molar-refractivity contribution < 1.29 is 9.59 Å². The molecule has 5 nitrogen and oxygen atoms in total. The summed E-state index contributed by atoms with van der Waals surface area (Å²) in [6.07, 6.45) is 0. The van der Waals surface area contributed by atoms with Crippen molar-refractivity contribution in [2.75, 3.05) is 38.1 Å². The van der Waals surface area contributed by atoms with Crippen LogP contribution in [0.1, 0.15) is 16.7 Å². The number of carbonyl (C=O) groups is 2. The highest BCUT2D eigenvalue weighted by Crippen LogP contribution is 2.38. The molecule has 2 aromatic rings. The summed E-state index contributed by atoms with van der Waals surface area (Å²) in [5.41, 5.74) is 4.13. The number of anilines is 1. The normalized spacial score (nSPS) is 18.0. The Hall–Kier alpha value is -2.34. The number of hydrogen-bond donors (Lipinski definition) is 0. The zero-order chi connectivity index (χ0) is 21.6. The first-order valence-electron chi connectivity index (χ1n) is 9.86. The summed E-state index contributed by atoms with van der Waals surface area (Å²) in [6, 6.07) is 10.7. The van der Waals surface area contributed by atoms with E-state index in [9.17, 15) is 9.59 Å². The van der Waals surface area contributed by atoms with Crippen molar-refractivity contribution in [3.8, 4) is 0 Å². The van der Waals surface area contributed by atoms with Crippen LogP contribution in [0.15, 0.2) is 42.1 Å². The third-order valence-corrected chi connectivity index (χ3v) is 6.07. The summed E-state index contributed by atoms with van der Waals surface area (Å²) in [4.78, 5) is 32.6. The third kappa shape index (κ3) is 3.73. The van der Waals surface area contributed by atoms with E-state index in [0.29, 0.717) is 40.1 Å². The molecule has 7 heteroatoms. The van der Waals surface area contributed by atoms with Gasteiger partial charge in [-0.3, -0.25) is 9.59 Å². The zero-order valence-electron chi connectivity index (χ0n) is 17.2. The Labute approximate surface area is 186 Å². The van der Waals surface area contributed by atoms with Gasteiger partial charge in [0, 0.05) is 36.2 Å². The smallest absolute Gasteiger partial charge is 0.282 e. The van der Waals surface area contributed by atoms with E-state index in [0.717, 1.165) is 29.8 Å². The molecule has 0 radical (unpaired) electrons. The van der Waals surface area contributed by atoms with Crippen LogP contribution in [0.25, 0.3) is 5.57 Å². The number of amides is 2. The summed E-state index contributed by atoms with van der Waals surface area (Å²) in [7, 11) is 2.05. The predicted molar refractivity (Wildman–Crippen MR) is 121 cm³/mol. The molecule has 2 amide bonds. The summed E-state index contributed by atoms with van der Waals surface area (Å²) in [6.45, 7) is 7.00. The van der Waals surface area contributed by atoms with Gasteiger partial charge < -0.3 is 9.80 Å². The molecule has 0 N–H and O–H groups in total. The molecule has 0 bridgehead atoms. The number of rotatable bonds is 3. The van der Waals surface area contributed by atoms with Gasteiger partial charge in [0.05, 0.1) is 11.3 Å². The number of piperazine rings is 1. The van der Waals surface area contributed by atoms with Crippen molar-refractivity contribution in [1.82, 2.24) is 9.80 Å². The molecular weight excluding hydrogens is 421 g/mol. The molecule has 0 unspecified atom stereocenters. The van der Waals surface area contributed by atoms with Crippen LogP contribution in [0.3, 0.4) is 0 Å². The molecular formula is C23H23Cl2N3O2. The summed E-state index contributed by atoms with van der Waals surface area (Å²) in [5.74, 6) is -0.683. The minimum Gasteiger partial charge on any atom is -0.364 e. The molecule has 0 atom stereocenters. The van der Waals surface area contributed by atoms with Crippen molar-refractivity contribution >= 4 is 46.3 Å². The highest BCUT2D eigenvalue weighted by atomic mass is 35.5. The fraction of sp³-hybridized carbons (Fsp3) is 0.304. The van der Waals surface area contributed by atoms with E-state index in [-0.39, 0.29) is 11.8 Å². The van der Waals surface area contributed by atoms with Crippen LogP contribution in [0, 0.1) is 13.8 Å². The molecule has 0 saturated carbocycles. The zero-order valence-corrected chi connectivity index (χ0v) is 18.7. The minimum atomic E-state index is -0.348. The molecule has 0 aromatic heterocycles. The highest BCUT2D eigenvalue weighted by Gasteiger charge is 2.43. The fourth-order valence-corrected chi connectivity index (χ4v) is 4.60. The van der Waals surface area contributed by atoms with Crippen LogP contribution in [-0.2, 0) is 9.59 Å². The van der Waals surface area contributed by atoms with Gasteiger partial charge in [-0.15, -0.1) is 0 Å². The van der Waals surface area contributed by atoms with Crippen molar-refractivity contribution in [3.05, 3.63) is 68.8 Å². The van der Waals surface area contributed by atoms with Gasteiger partial charge in [0.2, 0.25) is 0 Å². The van der Waals surface area contributed by atoms with Crippen LogP contribution in [-0.4, -0.2) is 54.8 Å². The Bertz CT molecular complexity index is 1050. The van der Waals surface area contributed by atoms with E-state index < -0.39 is 0 Å². The Morgan fingerprint density at radius 3 is 2.07 bits per heavy atom. The quantitative estimate of drug-likeness (QED) is 0.668. The number of imide groups is 1. The van der Waals surface area contributed by atoms with Gasteiger partial charge >= 0.3 is 0 Å². The molecule has 30 heavy (non-hydrogen) atoms. The first kappa shape index (κ1) is 20.9. The molecule has 2 heterocycles. The van der Waals surface area contributed by atoms with E-state index in [1.807, 2.05) is 36.9 Å². The number of benzene rings is 2. The van der Waals surface area contributed by atoms with Gasteiger partial charge in [0.25, 0.3) is 11.8 Å². The van der Waals surface area contributed by atoms with Gasteiger partial charge in [-0.05, 0) is 50.2 Å². The number of hydrogen-bond acceptors (Lipinski definition) is 4. The third-order valence-electron chi connectivity index (χ3n) is 5.64. The molecule has 2 aliphatic heterocycles. The molecule has 1 fully saturated rings. The Morgan fingerprint density at radius 2 is 1.47 bits per heavy atom. The second-order valence-electron chi connectivity index (χ2n) is 7.91. The first-order valence-corrected chi connectivity index (χ1v) is 10.6. The predicted octanol–water partition coefficient (Wildman–Crippen LogP) is 4.14. The van der Waals surface area contributed by atoms with Gasteiger partial charge in [0.15, 0.2) is 0 Å². The topological polar surface area (TPSA) is 43.9 Å². The number of halogens is 2. The minimum absolute atomic E-state index is 0.335. The van der Waals surface area contributed by atoms with Crippen LogP contribution in [0.5, 0.6) is 0 Å². The lowest BCUT2D eigenvalue weighted by molar-refractivity contribution is -0.120. The lowest BCUT2D eigenvalue weighted by Gasteiger charge is -2.34. The second-order valence-corrected chi connectivity index (χ2v) is 8.78. The molecule has 4 rings (SSSR count). The Kier molecular flexibility index (Phi) is 5.62. The molecule has 0 aliphatic carbocycles. The van der Waals surface area contributed by atoms with Gasteiger partial charge in [-0.1, -0.05) is 47.0 Å². The van der Waals surface area contributed by atoms with Crippen molar-refractivity contribution in [2.24, 2.45) is 0 Å². The number of likely N-dealkylation sites (N-methyl/N-ethyl adjacent to an activating group) is 1. The second kappa shape index (κ2) is 8.06. The molecule has 156 valence electrons. The van der Waals surface area contributed by atoms with E-state index in [4.69, 9.17) is 23.2 Å². The Balaban J connectivity index is 1.86. The molecule has 2 aliphatic rings. The number of carbonyl (C=O) groups excluding carboxylic acids is 2. The average molecular weight is 444 g/mol. The van der Waals surface area contributed by atoms with E-state index >= 15 is 0 Å². The first-order chi connectivity index (χ1) is 14.3. The lowest BCUT2D eigenvalue weighted by Crippen LogP contribution is -2.46. The van der Waals surface area contributed by atoms with Gasteiger partial charge in [-0.25, -0.2) is 4.90 Å². The van der Waals surface area contributed by atoms with Gasteiger partial charge in [0.1, 0.15) is 5.70 Å². The summed E-state index contributed by atoms with van der Waals surface area (Å²) in [5, 5.41) is 0.749. The van der Waals surface area contributed by atoms with Crippen LogP contribution < -0.4 is 4.90 Å². The average Bonchev–Trinajstić information content (AvgIpc) is 2.92. The van der Waals surface area contributed by atoms with Crippen molar-refractivity contribution in [3.63, 3.8) is 0 Å². The van der Waals surface area contributed by atoms with Crippen LogP contribution >= 0.6 is 23.2 Å². The monoisotopic (exact) mass is 443 g/mol. The van der Waals surface area contributed by atoms with E-state index in [1.165, 1.54) is 4.90 Å². The fourth-order valence-electron chi connectivity index (χ4n) is 4.08. The molecule has 2 aromatic carbocycles. The summed E-state index contributed by atoms with van der Waals surface area (Å²) < 4.78 is 0. The lowest BCUT2D eigenvalue weighted by atomic mass is 9.97.